The Labute approximate surface area is 200 Å². The standard InChI is InChI=1S/C26H33N3O3S/c1-2-3-4-5-6-7-8-12-23(30)32-21-11-9-10-20(19-21)25-27-22-13-18-33-24(22)26(28-25)29-14-16-31-17-15-29/h9-11,13,18-19H,2-8,12,14-17H2,1H3. The molecule has 0 amide bonds. The van der Waals surface area contributed by atoms with Gasteiger partial charge >= 0.3 is 5.97 Å². The molecule has 2 aromatic heterocycles. The highest BCUT2D eigenvalue weighted by atomic mass is 32.1. The first-order chi connectivity index (χ1) is 16.2. The summed E-state index contributed by atoms with van der Waals surface area (Å²) in [5.41, 5.74) is 1.78. The van der Waals surface area contributed by atoms with Crippen molar-refractivity contribution in [1.82, 2.24) is 9.97 Å². The number of carbonyl (C=O) groups excluding carboxylic acids is 1. The van der Waals surface area contributed by atoms with Crippen molar-refractivity contribution in [2.24, 2.45) is 0 Å². The molecule has 0 aliphatic carbocycles. The number of anilines is 1. The number of fused-ring (bicyclic) bond motifs is 1. The quantitative estimate of drug-likeness (QED) is 0.189. The predicted octanol–water partition coefficient (Wildman–Crippen LogP) is 6.24. The molecular weight excluding hydrogens is 434 g/mol. The summed E-state index contributed by atoms with van der Waals surface area (Å²) in [5.74, 6) is 1.97. The molecule has 1 saturated heterocycles. The normalized spacial score (nSPS) is 14.0. The van der Waals surface area contributed by atoms with Gasteiger partial charge in [0.25, 0.3) is 0 Å². The second-order valence-electron chi connectivity index (χ2n) is 8.48. The summed E-state index contributed by atoms with van der Waals surface area (Å²) >= 11 is 1.66. The SMILES string of the molecule is CCCCCCCCCC(=O)Oc1cccc(-c2nc(N3CCOCC3)c3sccc3n2)c1. The number of aromatic nitrogens is 2. The van der Waals surface area contributed by atoms with Crippen LogP contribution in [0.2, 0.25) is 0 Å². The average molecular weight is 468 g/mol. The van der Waals surface area contributed by atoms with Gasteiger partial charge in [0, 0.05) is 25.1 Å². The molecule has 4 rings (SSSR count). The molecule has 176 valence electrons. The number of morpholine rings is 1. The highest BCUT2D eigenvalue weighted by Gasteiger charge is 2.19. The molecule has 0 spiro atoms. The Balaban J connectivity index is 1.41. The topological polar surface area (TPSA) is 64.5 Å². The number of carbonyl (C=O) groups is 1. The third-order valence-corrected chi connectivity index (χ3v) is 6.80. The summed E-state index contributed by atoms with van der Waals surface area (Å²) in [6.07, 6.45) is 8.71. The van der Waals surface area contributed by atoms with Gasteiger partial charge in [0.1, 0.15) is 5.75 Å². The molecule has 0 radical (unpaired) electrons. The zero-order valence-corrected chi connectivity index (χ0v) is 20.2. The fourth-order valence-electron chi connectivity index (χ4n) is 4.07. The number of unbranched alkanes of at least 4 members (excludes halogenated alkanes) is 6. The highest BCUT2D eigenvalue weighted by molar-refractivity contribution is 7.17. The van der Waals surface area contributed by atoms with E-state index >= 15 is 0 Å². The Bertz CT molecular complexity index is 1050. The van der Waals surface area contributed by atoms with Crippen LogP contribution in [0.4, 0.5) is 5.82 Å². The van der Waals surface area contributed by atoms with Gasteiger partial charge in [-0.2, -0.15) is 0 Å². The van der Waals surface area contributed by atoms with Crippen LogP contribution in [0, 0.1) is 0 Å². The summed E-state index contributed by atoms with van der Waals surface area (Å²) in [7, 11) is 0. The van der Waals surface area contributed by atoms with Crippen molar-refractivity contribution < 1.29 is 14.3 Å². The van der Waals surface area contributed by atoms with Crippen LogP contribution in [0.15, 0.2) is 35.7 Å². The lowest BCUT2D eigenvalue weighted by atomic mass is 10.1. The van der Waals surface area contributed by atoms with Crippen LogP contribution in [0.5, 0.6) is 5.75 Å². The fraction of sp³-hybridized carbons (Fsp3) is 0.500. The van der Waals surface area contributed by atoms with Crippen LogP contribution >= 0.6 is 11.3 Å². The molecule has 0 N–H and O–H groups in total. The van der Waals surface area contributed by atoms with Gasteiger partial charge in [-0.25, -0.2) is 9.97 Å². The molecule has 7 heteroatoms. The van der Waals surface area contributed by atoms with Crippen molar-refractivity contribution in [2.45, 2.75) is 58.3 Å². The molecule has 1 aliphatic rings. The van der Waals surface area contributed by atoms with E-state index in [0.29, 0.717) is 31.2 Å². The Hall–Kier alpha value is -2.51. The van der Waals surface area contributed by atoms with E-state index in [1.165, 1.54) is 32.1 Å². The van der Waals surface area contributed by atoms with Crippen molar-refractivity contribution in [1.29, 1.82) is 0 Å². The van der Waals surface area contributed by atoms with Crippen LogP contribution in [0.25, 0.3) is 21.6 Å². The van der Waals surface area contributed by atoms with Gasteiger partial charge in [-0.05, 0) is 30.0 Å². The van der Waals surface area contributed by atoms with Crippen molar-refractivity contribution in [3.05, 3.63) is 35.7 Å². The van der Waals surface area contributed by atoms with Gasteiger partial charge in [-0.3, -0.25) is 4.79 Å². The summed E-state index contributed by atoms with van der Waals surface area (Å²) < 4.78 is 12.2. The summed E-state index contributed by atoms with van der Waals surface area (Å²) in [4.78, 5) is 24.3. The maximum Gasteiger partial charge on any atom is 0.311 e. The number of rotatable bonds is 11. The minimum atomic E-state index is -0.177. The maximum absolute atomic E-state index is 12.3. The van der Waals surface area contributed by atoms with Crippen molar-refractivity contribution in [3.8, 4) is 17.1 Å². The van der Waals surface area contributed by atoms with Gasteiger partial charge < -0.3 is 14.4 Å². The number of hydrogen-bond donors (Lipinski definition) is 0. The number of benzene rings is 1. The Morgan fingerprint density at radius 3 is 2.67 bits per heavy atom. The second kappa shape index (κ2) is 12.1. The van der Waals surface area contributed by atoms with E-state index in [9.17, 15) is 4.79 Å². The van der Waals surface area contributed by atoms with E-state index in [0.717, 1.165) is 47.5 Å². The first-order valence-electron chi connectivity index (χ1n) is 12.1. The van der Waals surface area contributed by atoms with Crippen molar-refractivity contribution in [2.75, 3.05) is 31.2 Å². The van der Waals surface area contributed by atoms with Gasteiger partial charge in [0.05, 0.1) is 23.4 Å². The van der Waals surface area contributed by atoms with E-state index in [1.54, 1.807) is 11.3 Å². The number of nitrogens with zero attached hydrogens (tertiary/aromatic N) is 3. The molecule has 0 unspecified atom stereocenters. The van der Waals surface area contributed by atoms with Crippen LogP contribution in [-0.4, -0.2) is 42.2 Å². The number of ether oxygens (including phenoxy) is 2. The Morgan fingerprint density at radius 2 is 1.85 bits per heavy atom. The second-order valence-corrected chi connectivity index (χ2v) is 9.39. The van der Waals surface area contributed by atoms with E-state index in [4.69, 9.17) is 19.4 Å². The third kappa shape index (κ3) is 6.51. The van der Waals surface area contributed by atoms with Crippen LogP contribution < -0.4 is 9.64 Å². The largest absolute Gasteiger partial charge is 0.427 e. The fourth-order valence-corrected chi connectivity index (χ4v) is 4.92. The molecule has 1 aromatic carbocycles. The zero-order valence-electron chi connectivity index (χ0n) is 19.4. The minimum Gasteiger partial charge on any atom is -0.427 e. The summed E-state index contributed by atoms with van der Waals surface area (Å²) in [6.45, 7) is 5.27. The number of esters is 1. The zero-order chi connectivity index (χ0) is 22.9. The molecule has 1 aliphatic heterocycles. The Kier molecular flexibility index (Phi) is 8.66. The third-order valence-electron chi connectivity index (χ3n) is 5.90. The lowest BCUT2D eigenvalue weighted by Gasteiger charge is -2.28. The molecule has 3 heterocycles. The van der Waals surface area contributed by atoms with Crippen LogP contribution in [0.3, 0.4) is 0 Å². The smallest absolute Gasteiger partial charge is 0.311 e. The summed E-state index contributed by atoms with van der Waals surface area (Å²) in [5, 5.41) is 2.05. The van der Waals surface area contributed by atoms with Gasteiger partial charge in [0.2, 0.25) is 0 Å². The molecule has 3 aromatic rings. The Morgan fingerprint density at radius 1 is 1.06 bits per heavy atom. The van der Waals surface area contributed by atoms with Gasteiger partial charge in [0.15, 0.2) is 11.6 Å². The molecule has 0 saturated carbocycles. The molecule has 0 bridgehead atoms. The minimum absolute atomic E-state index is 0.177. The highest BCUT2D eigenvalue weighted by Crippen LogP contribution is 2.32. The summed E-state index contributed by atoms with van der Waals surface area (Å²) in [6, 6.07) is 9.56. The van der Waals surface area contributed by atoms with Gasteiger partial charge in [-0.1, -0.05) is 57.6 Å². The van der Waals surface area contributed by atoms with E-state index in [2.05, 4.69) is 17.2 Å². The van der Waals surface area contributed by atoms with Gasteiger partial charge in [-0.15, -0.1) is 11.3 Å². The first kappa shape index (κ1) is 23.6. The van der Waals surface area contributed by atoms with Crippen molar-refractivity contribution in [3.63, 3.8) is 0 Å². The molecular formula is C26H33N3O3S. The van der Waals surface area contributed by atoms with Crippen LogP contribution in [-0.2, 0) is 9.53 Å². The van der Waals surface area contributed by atoms with E-state index in [1.807, 2.05) is 30.3 Å². The molecule has 1 fully saturated rings. The number of thiophene rings is 1. The average Bonchev–Trinajstić information content (AvgIpc) is 3.32. The monoisotopic (exact) mass is 467 g/mol. The molecule has 33 heavy (non-hydrogen) atoms. The van der Waals surface area contributed by atoms with Crippen LogP contribution in [0.1, 0.15) is 58.3 Å². The predicted molar refractivity (Wildman–Crippen MR) is 134 cm³/mol. The lowest BCUT2D eigenvalue weighted by molar-refractivity contribution is -0.134. The van der Waals surface area contributed by atoms with Crippen molar-refractivity contribution >= 4 is 33.3 Å². The van der Waals surface area contributed by atoms with E-state index < -0.39 is 0 Å². The first-order valence-corrected chi connectivity index (χ1v) is 13.0. The molecule has 6 nitrogen and oxygen atoms in total. The number of hydrogen-bond acceptors (Lipinski definition) is 7. The van der Waals surface area contributed by atoms with E-state index in [-0.39, 0.29) is 5.97 Å². The molecule has 0 atom stereocenters. The maximum atomic E-state index is 12.3. The lowest BCUT2D eigenvalue weighted by Crippen LogP contribution is -2.36.